The Hall–Kier alpha value is -4.70. The molecule has 0 aromatic heterocycles. The molecule has 5 rings (SSSR count). The number of rotatable bonds is 6. The number of nitrogens with two attached hydrogens (primary N) is 2. The minimum atomic E-state index is 0.0903. The zero-order valence-corrected chi connectivity index (χ0v) is 25.6. The van der Waals surface area contributed by atoms with Crippen molar-refractivity contribution in [3.8, 4) is 0 Å². The van der Waals surface area contributed by atoms with Crippen LogP contribution < -0.4 is 21.3 Å². The van der Waals surface area contributed by atoms with Crippen LogP contribution in [0.2, 0.25) is 0 Å². The molecule has 0 fully saturated rings. The van der Waals surface area contributed by atoms with Gasteiger partial charge < -0.3 is 21.3 Å². The third-order valence-corrected chi connectivity index (χ3v) is 7.65. The van der Waals surface area contributed by atoms with Crippen molar-refractivity contribution in [2.75, 3.05) is 21.3 Å². The second-order valence-corrected chi connectivity index (χ2v) is 13.0. The normalized spacial score (nSPS) is 11.8. The van der Waals surface area contributed by atoms with Gasteiger partial charge in [0.25, 0.3) is 0 Å². The molecule has 4 heteroatoms. The summed E-state index contributed by atoms with van der Waals surface area (Å²) < 4.78 is 0. The Labute approximate surface area is 251 Å². The van der Waals surface area contributed by atoms with Gasteiger partial charge in [-0.25, -0.2) is 0 Å². The van der Waals surface area contributed by atoms with Gasteiger partial charge in [-0.2, -0.15) is 0 Å². The number of nitrogens with zero attached hydrogens (tertiary/aromatic N) is 2. The molecule has 0 spiro atoms. The molecule has 0 heterocycles. The minimum absolute atomic E-state index is 0.0903. The van der Waals surface area contributed by atoms with E-state index in [1.165, 1.54) is 11.1 Å². The SMILES string of the molecule is CC(C)(C)c1ccc(N(c2ccc(N(c3ccc(N)cc3)c3ccc(N)cc3)cc2)c2ccc(C(C)(C)C)cc2)cc1. The average molecular weight is 555 g/mol. The van der Waals surface area contributed by atoms with Crippen LogP contribution >= 0.6 is 0 Å². The Balaban J connectivity index is 1.58. The average Bonchev–Trinajstić information content (AvgIpc) is 2.96. The molecule has 5 aromatic carbocycles. The second-order valence-electron chi connectivity index (χ2n) is 13.0. The number of nitrogen functional groups attached to an aromatic ring is 2. The van der Waals surface area contributed by atoms with Crippen molar-refractivity contribution in [3.63, 3.8) is 0 Å². The molecule has 0 saturated carbocycles. The first kappa shape index (κ1) is 28.8. The van der Waals surface area contributed by atoms with Gasteiger partial charge in [-0.1, -0.05) is 65.8 Å². The lowest BCUT2D eigenvalue weighted by atomic mass is 9.86. The quantitative estimate of drug-likeness (QED) is 0.205. The van der Waals surface area contributed by atoms with Crippen molar-refractivity contribution in [2.45, 2.75) is 52.4 Å². The summed E-state index contributed by atoms with van der Waals surface area (Å²) in [7, 11) is 0. The fraction of sp³-hybridized carbons (Fsp3) is 0.211. The van der Waals surface area contributed by atoms with E-state index in [9.17, 15) is 0 Å². The third kappa shape index (κ3) is 6.28. The third-order valence-electron chi connectivity index (χ3n) is 7.65. The Kier molecular flexibility index (Phi) is 7.74. The highest BCUT2D eigenvalue weighted by Crippen LogP contribution is 2.40. The summed E-state index contributed by atoms with van der Waals surface area (Å²) in [6.07, 6.45) is 0. The second kappa shape index (κ2) is 11.3. The van der Waals surface area contributed by atoms with E-state index in [2.05, 4.69) is 124 Å². The van der Waals surface area contributed by atoms with E-state index >= 15 is 0 Å². The van der Waals surface area contributed by atoms with E-state index < -0.39 is 0 Å². The molecule has 0 aliphatic heterocycles. The predicted octanol–water partition coefficient (Wildman–Crippen LogP) is 10.4. The molecule has 5 aromatic rings. The lowest BCUT2D eigenvalue weighted by Gasteiger charge is -2.29. The van der Waals surface area contributed by atoms with Gasteiger partial charge in [-0.05, 0) is 119 Å². The van der Waals surface area contributed by atoms with Crippen molar-refractivity contribution >= 4 is 45.5 Å². The molecule has 0 atom stereocenters. The maximum Gasteiger partial charge on any atom is 0.0463 e. The molecule has 0 aliphatic carbocycles. The fourth-order valence-corrected chi connectivity index (χ4v) is 5.11. The molecule has 0 radical (unpaired) electrons. The molecule has 0 bridgehead atoms. The van der Waals surface area contributed by atoms with Gasteiger partial charge in [-0.15, -0.1) is 0 Å². The van der Waals surface area contributed by atoms with Crippen LogP contribution in [0.1, 0.15) is 52.7 Å². The monoisotopic (exact) mass is 554 g/mol. The van der Waals surface area contributed by atoms with Crippen LogP contribution in [0.3, 0.4) is 0 Å². The Morgan fingerprint density at radius 2 is 0.524 bits per heavy atom. The van der Waals surface area contributed by atoms with E-state index in [1.54, 1.807) is 0 Å². The molecule has 0 saturated heterocycles. The Morgan fingerprint density at radius 3 is 0.738 bits per heavy atom. The molecule has 4 N–H and O–H groups in total. The summed E-state index contributed by atoms with van der Waals surface area (Å²) in [6.45, 7) is 13.5. The largest absolute Gasteiger partial charge is 0.399 e. The van der Waals surface area contributed by atoms with Crippen LogP contribution in [-0.4, -0.2) is 0 Å². The molecule has 4 nitrogen and oxygen atoms in total. The van der Waals surface area contributed by atoms with Crippen molar-refractivity contribution in [1.82, 2.24) is 0 Å². The van der Waals surface area contributed by atoms with Gasteiger partial charge in [0.15, 0.2) is 0 Å². The summed E-state index contributed by atoms with van der Waals surface area (Å²) in [4.78, 5) is 4.53. The number of hydrogen-bond acceptors (Lipinski definition) is 4. The fourth-order valence-electron chi connectivity index (χ4n) is 5.11. The standard InChI is InChI=1S/C38H42N4/c1-37(2,3)27-7-15-31(16-8-27)41(32-17-9-28(10-18-32)38(4,5)6)35-23-25-36(26-24-35)42(33-19-11-29(39)12-20-33)34-21-13-30(40)14-22-34/h7-26H,39-40H2,1-6H3. The van der Waals surface area contributed by atoms with Crippen molar-refractivity contribution < 1.29 is 0 Å². The topological polar surface area (TPSA) is 58.5 Å². The maximum absolute atomic E-state index is 6.01. The zero-order chi connectivity index (χ0) is 30.1. The van der Waals surface area contributed by atoms with Crippen LogP contribution in [0.15, 0.2) is 121 Å². The molecule has 42 heavy (non-hydrogen) atoms. The lowest BCUT2D eigenvalue weighted by Crippen LogP contribution is -2.14. The first-order chi connectivity index (χ1) is 19.9. The van der Waals surface area contributed by atoms with Gasteiger partial charge in [0, 0.05) is 45.5 Å². The van der Waals surface area contributed by atoms with Gasteiger partial charge in [0.2, 0.25) is 0 Å². The van der Waals surface area contributed by atoms with Crippen molar-refractivity contribution in [1.29, 1.82) is 0 Å². The summed E-state index contributed by atoms with van der Waals surface area (Å²) >= 11 is 0. The van der Waals surface area contributed by atoms with E-state index in [0.29, 0.717) is 0 Å². The first-order valence-corrected chi connectivity index (χ1v) is 14.5. The molecular formula is C38H42N4. The number of benzene rings is 5. The highest BCUT2D eigenvalue weighted by atomic mass is 15.2. The summed E-state index contributed by atoms with van der Waals surface area (Å²) in [5.41, 5.74) is 22.7. The molecule has 214 valence electrons. The summed E-state index contributed by atoms with van der Waals surface area (Å²) in [5, 5.41) is 0. The molecular weight excluding hydrogens is 512 g/mol. The smallest absolute Gasteiger partial charge is 0.0463 e. The van der Waals surface area contributed by atoms with Gasteiger partial charge >= 0.3 is 0 Å². The highest BCUT2D eigenvalue weighted by molar-refractivity contribution is 5.81. The maximum atomic E-state index is 6.01. The molecule has 0 unspecified atom stereocenters. The summed E-state index contributed by atoms with van der Waals surface area (Å²) in [6, 6.07) is 42.4. The van der Waals surface area contributed by atoms with Crippen LogP contribution in [0, 0.1) is 0 Å². The van der Waals surface area contributed by atoms with Crippen LogP contribution in [0.4, 0.5) is 45.5 Å². The first-order valence-electron chi connectivity index (χ1n) is 14.5. The van der Waals surface area contributed by atoms with Crippen LogP contribution in [-0.2, 0) is 10.8 Å². The molecule has 0 amide bonds. The zero-order valence-electron chi connectivity index (χ0n) is 25.6. The van der Waals surface area contributed by atoms with E-state index in [1.807, 2.05) is 48.5 Å². The Morgan fingerprint density at radius 1 is 0.333 bits per heavy atom. The van der Waals surface area contributed by atoms with E-state index in [-0.39, 0.29) is 10.8 Å². The minimum Gasteiger partial charge on any atom is -0.399 e. The molecule has 0 aliphatic rings. The van der Waals surface area contributed by atoms with E-state index in [0.717, 1.165) is 45.5 Å². The number of anilines is 8. The Bertz CT molecular complexity index is 1500. The predicted molar refractivity (Wildman–Crippen MR) is 182 cm³/mol. The lowest BCUT2D eigenvalue weighted by molar-refractivity contribution is 0.590. The summed E-state index contributed by atoms with van der Waals surface area (Å²) in [5.74, 6) is 0. The van der Waals surface area contributed by atoms with Crippen molar-refractivity contribution in [3.05, 3.63) is 132 Å². The van der Waals surface area contributed by atoms with E-state index in [4.69, 9.17) is 11.5 Å². The number of hydrogen-bond donors (Lipinski definition) is 2. The highest BCUT2D eigenvalue weighted by Gasteiger charge is 2.19. The van der Waals surface area contributed by atoms with Gasteiger partial charge in [0.05, 0.1) is 0 Å². The van der Waals surface area contributed by atoms with Crippen molar-refractivity contribution in [2.24, 2.45) is 0 Å². The van der Waals surface area contributed by atoms with Crippen LogP contribution in [0.25, 0.3) is 0 Å². The van der Waals surface area contributed by atoms with Gasteiger partial charge in [0.1, 0.15) is 0 Å². The van der Waals surface area contributed by atoms with Crippen LogP contribution in [0.5, 0.6) is 0 Å². The van der Waals surface area contributed by atoms with Gasteiger partial charge in [-0.3, -0.25) is 0 Å².